The second-order valence-corrected chi connectivity index (χ2v) is 5.58. The number of hydrogen-bond acceptors (Lipinski definition) is 2. The van der Waals surface area contributed by atoms with E-state index in [1.165, 1.54) is 0 Å². The van der Waals surface area contributed by atoms with E-state index in [1.807, 2.05) is 54.6 Å². The second kappa shape index (κ2) is 7.48. The van der Waals surface area contributed by atoms with Crippen LogP contribution in [0.5, 0.6) is 5.75 Å². The van der Waals surface area contributed by atoms with Crippen LogP contribution in [0.15, 0.2) is 66.7 Å². The van der Waals surface area contributed by atoms with Gasteiger partial charge in [0.1, 0.15) is 5.75 Å². The molecular formula is C22H19NO. The second-order valence-electron chi connectivity index (χ2n) is 5.58. The third kappa shape index (κ3) is 3.31. The topological polar surface area (TPSA) is 33.0 Å². The van der Waals surface area contributed by atoms with Crippen molar-refractivity contribution in [3.8, 4) is 11.8 Å². The highest BCUT2D eigenvalue weighted by Gasteiger charge is 2.09. The first kappa shape index (κ1) is 15.8. The Morgan fingerprint density at radius 2 is 1.75 bits per heavy atom. The number of rotatable bonds is 5. The Morgan fingerprint density at radius 3 is 2.50 bits per heavy atom. The number of nitriles is 1. The van der Waals surface area contributed by atoms with Crippen LogP contribution in [0.25, 0.3) is 22.4 Å². The van der Waals surface area contributed by atoms with Crippen molar-refractivity contribution in [3.05, 3.63) is 77.9 Å². The maximum Gasteiger partial charge on any atom is 0.127 e. The van der Waals surface area contributed by atoms with E-state index in [0.29, 0.717) is 12.2 Å². The highest BCUT2D eigenvalue weighted by molar-refractivity contribution is 6.00. The zero-order valence-electron chi connectivity index (χ0n) is 13.7. The van der Waals surface area contributed by atoms with Gasteiger partial charge in [0, 0.05) is 5.56 Å². The summed E-state index contributed by atoms with van der Waals surface area (Å²) in [5.74, 6) is 0.819. The maximum atomic E-state index is 9.62. The molecule has 0 spiro atoms. The lowest BCUT2D eigenvalue weighted by atomic mass is 9.98. The minimum atomic E-state index is 0.633. The number of fused-ring (bicyclic) bond motifs is 1. The molecule has 0 amide bonds. The minimum absolute atomic E-state index is 0.633. The van der Waals surface area contributed by atoms with Crippen molar-refractivity contribution in [2.24, 2.45) is 0 Å². The van der Waals surface area contributed by atoms with Crippen molar-refractivity contribution in [2.75, 3.05) is 6.61 Å². The van der Waals surface area contributed by atoms with Crippen molar-refractivity contribution in [1.29, 1.82) is 5.26 Å². The smallest absolute Gasteiger partial charge is 0.127 e. The summed E-state index contributed by atoms with van der Waals surface area (Å²) < 4.78 is 5.92. The molecule has 24 heavy (non-hydrogen) atoms. The molecule has 0 unspecified atom stereocenters. The fourth-order valence-corrected chi connectivity index (χ4v) is 2.70. The molecule has 0 bridgehead atoms. The Morgan fingerprint density at radius 1 is 1.00 bits per heavy atom. The van der Waals surface area contributed by atoms with Gasteiger partial charge in [0.05, 0.1) is 18.2 Å². The molecule has 0 aliphatic heterocycles. The van der Waals surface area contributed by atoms with E-state index in [2.05, 4.69) is 31.2 Å². The van der Waals surface area contributed by atoms with Crippen molar-refractivity contribution in [2.45, 2.75) is 13.3 Å². The summed E-state index contributed by atoms with van der Waals surface area (Å²) in [6, 6.07) is 24.3. The van der Waals surface area contributed by atoms with E-state index in [-0.39, 0.29) is 0 Å². The number of allylic oxidation sites excluding steroid dienone is 1. The molecular weight excluding hydrogens is 294 g/mol. The summed E-state index contributed by atoms with van der Waals surface area (Å²) in [4.78, 5) is 0. The molecule has 0 fully saturated rings. The molecule has 0 N–H and O–H groups in total. The largest absolute Gasteiger partial charge is 0.493 e. The molecule has 0 aliphatic carbocycles. The molecule has 2 heteroatoms. The van der Waals surface area contributed by atoms with E-state index in [4.69, 9.17) is 4.74 Å². The normalized spacial score (nSPS) is 11.2. The summed E-state index contributed by atoms with van der Waals surface area (Å²) in [5.41, 5.74) is 2.50. The fraction of sp³-hybridized carbons (Fsp3) is 0.136. The molecule has 0 aliphatic rings. The minimum Gasteiger partial charge on any atom is -0.493 e. The third-order valence-electron chi connectivity index (χ3n) is 3.89. The highest BCUT2D eigenvalue weighted by Crippen LogP contribution is 2.32. The van der Waals surface area contributed by atoms with Crippen molar-refractivity contribution in [1.82, 2.24) is 0 Å². The van der Waals surface area contributed by atoms with Crippen LogP contribution < -0.4 is 4.74 Å². The van der Waals surface area contributed by atoms with E-state index in [0.717, 1.165) is 34.1 Å². The van der Waals surface area contributed by atoms with Gasteiger partial charge in [-0.05, 0) is 34.9 Å². The van der Waals surface area contributed by atoms with E-state index in [9.17, 15) is 5.26 Å². The first-order valence-electron chi connectivity index (χ1n) is 8.15. The molecule has 0 saturated carbocycles. The Kier molecular flexibility index (Phi) is 4.93. The SMILES string of the molecule is CCCOc1ccc2ccccc2c1/C=C(\C#N)c1ccccc1. The predicted octanol–water partition coefficient (Wildman–Crippen LogP) is 5.69. The highest BCUT2D eigenvalue weighted by atomic mass is 16.5. The first-order valence-corrected chi connectivity index (χ1v) is 8.15. The summed E-state index contributed by atoms with van der Waals surface area (Å²) in [5, 5.41) is 11.9. The quantitative estimate of drug-likeness (QED) is 0.447. The molecule has 118 valence electrons. The molecule has 0 radical (unpaired) electrons. The number of hydrogen-bond donors (Lipinski definition) is 0. The van der Waals surface area contributed by atoms with Gasteiger partial charge in [0.2, 0.25) is 0 Å². The van der Waals surface area contributed by atoms with Gasteiger partial charge in [-0.15, -0.1) is 0 Å². The number of nitrogens with zero attached hydrogens (tertiary/aromatic N) is 1. The molecule has 3 aromatic carbocycles. The lowest BCUT2D eigenvalue weighted by Gasteiger charge is -2.12. The van der Waals surface area contributed by atoms with E-state index in [1.54, 1.807) is 0 Å². The van der Waals surface area contributed by atoms with Gasteiger partial charge >= 0.3 is 0 Å². The monoisotopic (exact) mass is 313 g/mol. The summed E-state index contributed by atoms with van der Waals surface area (Å²) in [6.07, 6.45) is 2.88. The van der Waals surface area contributed by atoms with Crippen molar-refractivity contribution in [3.63, 3.8) is 0 Å². The Balaban J connectivity index is 2.19. The first-order chi connectivity index (χ1) is 11.8. The molecule has 0 saturated heterocycles. The van der Waals surface area contributed by atoms with Crippen LogP contribution in [0.1, 0.15) is 24.5 Å². The number of benzene rings is 3. The Labute approximate surface area is 142 Å². The van der Waals surface area contributed by atoms with E-state index < -0.39 is 0 Å². The molecule has 0 aromatic heterocycles. The fourth-order valence-electron chi connectivity index (χ4n) is 2.70. The van der Waals surface area contributed by atoms with Crippen molar-refractivity contribution >= 4 is 22.4 Å². The van der Waals surface area contributed by atoms with Gasteiger partial charge in [-0.25, -0.2) is 0 Å². The molecule has 2 nitrogen and oxygen atoms in total. The van der Waals surface area contributed by atoms with Crippen LogP contribution in [0.4, 0.5) is 0 Å². The number of ether oxygens (including phenoxy) is 1. The zero-order chi connectivity index (χ0) is 16.8. The van der Waals surface area contributed by atoms with Crippen LogP contribution in [0, 0.1) is 11.3 Å². The van der Waals surface area contributed by atoms with Gasteiger partial charge in [-0.1, -0.05) is 67.6 Å². The van der Waals surface area contributed by atoms with Crippen LogP contribution in [-0.2, 0) is 0 Å². The zero-order valence-corrected chi connectivity index (χ0v) is 13.7. The maximum absolute atomic E-state index is 9.62. The molecule has 0 heterocycles. The predicted molar refractivity (Wildman–Crippen MR) is 99.7 cm³/mol. The molecule has 3 rings (SSSR count). The van der Waals surface area contributed by atoms with Crippen LogP contribution >= 0.6 is 0 Å². The molecule has 0 atom stereocenters. The van der Waals surface area contributed by atoms with E-state index >= 15 is 0 Å². The van der Waals surface area contributed by atoms with Crippen LogP contribution in [-0.4, -0.2) is 6.61 Å². The average molecular weight is 313 g/mol. The summed E-state index contributed by atoms with van der Waals surface area (Å²) in [7, 11) is 0. The standard InChI is InChI=1S/C22H19NO/c1-2-14-24-22-13-12-18-10-6-7-11-20(18)21(22)15-19(16-23)17-8-4-3-5-9-17/h3-13,15H,2,14H2,1H3/b19-15+. The van der Waals surface area contributed by atoms with Gasteiger partial charge in [-0.3, -0.25) is 0 Å². The summed E-state index contributed by atoms with van der Waals surface area (Å²) >= 11 is 0. The van der Waals surface area contributed by atoms with Gasteiger partial charge < -0.3 is 4.74 Å². The Bertz CT molecular complexity index is 904. The Hall–Kier alpha value is -3.05. The lowest BCUT2D eigenvalue weighted by Crippen LogP contribution is -1.97. The third-order valence-corrected chi connectivity index (χ3v) is 3.89. The van der Waals surface area contributed by atoms with Gasteiger partial charge in [-0.2, -0.15) is 5.26 Å². The van der Waals surface area contributed by atoms with Gasteiger partial charge in [0.15, 0.2) is 0 Å². The summed E-state index contributed by atoms with van der Waals surface area (Å²) in [6.45, 7) is 2.74. The molecule has 3 aromatic rings. The van der Waals surface area contributed by atoms with Crippen LogP contribution in [0.2, 0.25) is 0 Å². The average Bonchev–Trinajstić information content (AvgIpc) is 2.65. The lowest BCUT2D eigenvalue weighted by molar-refractivity contribution is 0.317. The van der Waals surface area contributed by atoms with Crippen molar-refractivity contribution < 1.29 is 4.74 Å². The van der Waals surface area contributed by atoms with Gasteiger partial charge in [0.25, 0.3) is 0 Å². The van der Waals surface area contributed by atoms with Crippen LogP contribution in [0.3, 0.4) is 0 Å².